The molecule has 0 saturated carbocycles. The summed E-state index contributed by atoms with van der Waals surface area (Å²) in [4.78, 5) is 18.0. The first-order chi connectivity index (χ1) is 9.24. The van der Waals surface area contributed by atoms with Crippen molar-refractivity contribution in [3.05, 3.63) is 18.2 Å². The largest absolute Gasteiger partial charge is 0.343 e. The van der Waals surface area contributed by atoms with E-state index in [0.29, 0.717) is 12.3 Å². The lowest BCUT2D eigenvalue weighted by Gasteiger charge is -2.32. The van der Waals surface area contributed by atoms with Gasteiger partial charge >= 0.3 is 0 Å². The lowest BCUT2D eigenvalue weighted by molar-refractivity contribution is -0.132. The van der Waals surface area contributed by atoms with Gasteiger partial charge in [-0.1, -0.05) is 13.8 Å². The highest BCUT2D eigenvalue weighted by atomic mass is 16.2. The second kappa shape index (κ2) is 6.73. The van der Waals surface area contributed by atoms with E-state index in [2.05, 4.69) is 22.7 Å². The van der Waals surface area contributed by atoms with Gasteiger partial charge in [0.05, 0.1) is 0 Å². The Hall–Kier alpha value is -1.32. The van der Waals surface area contributed by atoms with Gasteiger partial charge in [-0.2, -0.15) is 0 Å². The molecule has 1 aliphatic heterocycles. The van der Waals surface area contributed by atoms with Crippen LogP contribution in [0.15, 0.2) is 12.4 Å². The number of hydrogen-bond donors (Lipinski definition) is 0. The third kappa shape index (κ3) is 3.58. The minimum Gasteiger partial charge on any atom is -0.343 e. The van der Waals surface area contributed by atoms with Gasteiger partial charge in [-0.05, 0) is 25.2 Å². The number of aryl methyl sites for hydroxylation is 2. The summed E-state index contributed by atoms with van der Waals surface area (Å²) < 4.78 is 2.27. The molecule has 0 N–H and O–H groups in total. The fourth-order valence-electron chi connectivity index (χ4n) is 2.87. The van der Waals surface area contributed by atoms with Gasteiger partial charge in [0.2, 0.25) is 5.91 Å². The Morgan fingerprint density at radius 1 is 1.37 bits per heavy atom. The Morgan fingerprint density at radius 2 is 2.11 bits per heavy atom. The van der Waals surface area contributed by atoms with Crippen LogP contribution in [0.3, 0.4) is 0 Å². The monoisotopic (exact) mass is 263 g/mol. The van der Waals surface area contributed by atoms with Crippen molar-refractivity contribution >= 4 is 5.91 Å². The van der Waals surface area contributed by atoms with Crippen molar-refractivity contribution in [1.29, 1.82) is 0 Å². The molecule has 4 nitrogen and oxygen atoms in total. The van der Waals surface area contributed by atoms with Crippen LogP contribution in [0.5, 0.6) is 0 Å². The first kappa shape index (κ1) is 14.1. The van der Waals surface area contributed by atoms with E-state index in [1.807, 2.05) is 18.0 Å². The van der Waals surface area contributed by atoms with Gasteiger partial charge in [-0.25, -0.2) is 4.98 Å². The minimum absolute atomic E-state index is 0.307. The average molecular weight is 263 g/mol. The van der Waals surface area contributed by atoms with E-state index in [1.54, 1.807) is 0 Å². The molecule has 0 aromatic carbocycles. The minimum atomic E-state index is 0.307. The second-order valence-electron chi connectivity index (χ2n) is 5.36. The van der Waals surface area contributed by atoms with E-state index >= 15 is 0 Å². The Kier molecular flexibility index (Phi) is 5.00. The number of carbonyl (C=O) groups is 1. The van der Waals surface area contributed by atoms with Crippen LogP contribution in [0.25, 0.3) is 0 Å². The van der Waals surface area contributed by atoms with Gasteiger partial charge in [-0.3, -0.25) is 4.79 Å². The van der Waals surface area contributed by atoms with Crippen LogP contribution in [0.4, 0.5) is 0 Å². The van der Waals surface area contributed by atoms with Gasteiger partial charge in [0.25, 0.3) is 0 Å². The smallest absolute Gasteiger partial charge is 0.222 e. The van der Waals surface area contributed by atoms with Gasteiger partial charge in [0.15, 0.2) is 0 Å². The van der Waals surface area contributed by atoms with Gasteiger partial charge in [0, 0.05) is 44.9 Å². The maximum absolute atomic E-state index is 11.6. The molecule has 1 aromatic heterocycles. The highest BCUT2D eigenvalue weighted by Gasteiger charge is 2.21. The fraction of sp³-hybridized carbons (Fsp3) is 0.733. The molecule has 19 heavy (non-hydrogen) atoms. The highest BCUT2D eigenvalue weighted by molar-refractivity contribution is 5.75. The van der Waals surface area contributed by atoms with E-state index < -0.39 is 0 Å². The fourth-order valence-corrected chi connectivity index (χ4v) is 2.87. The maximum atomic E-state index is 11.6. The molecular weight excluding hydrogens is 238 g/mol. The number of aromatic nitrogens is 2. The van der Waals surface area contributed by atoms with Crippen LogP contribution in [-0.4, -0.2) is 33.4 Å². The van der Waals surface area contributed by atoms with E-state index in [-0.39, 0.29) is 0 Å². The molecular formula is C15H25N3O. The van der Waals surface area contributed by atoms with Gasteiger partial charge < -0.3 is 9.47 Å². The maximum Gasteiger partial charge on any atom is 0.222 e. The number of rotatable bonds is 5. The Morgan fingerprint density at radius 3 is 2.74 bits per heavy atom. The van der Waals surface area contributed by atoms with Crippen LogP contribution >= 0.6 is 0 Å². The first-order valence-electron chi connectivity index (χ1n) is 7.52. The summed E-state index contributed by atoms with van der Waals surface area (Å²) in [5, 5.41) is 0. The number of carbonyl (C=O) groups excluding carboxylic acids is 1. The van der Waals surface area contributed by atoms with Crippen molar-refractivity contribution in [3.8, 4) is 0 Å². The molecule has 1 saturated heterocycles. The molecule has 0 unspecified atom stereocenters. The topological polar surface area (TPSA) is 38.1 Å². The highest BCUT2D eigenvalue weighted by Crippen LogP contribution is 2.21. The van der Waals surface area contributed by atoms with Gasteiger partial charge in [-0.15, -0.1) is 0 Å². The van der Waals surface area contributed by atoms with Crippen molar-refractivity contribution in [2.24, 2.45) is 5.92 Å². The lowest BCUT2D eigenvalue weighted by Crippen LogP contribution is -2.38. The van der Waals surface area contributed by atoms with Crippen molar-refractivity contribution in [1.82, 2.24) is 14.5 Å². The number of amides is 1. The molecule has 0 aliphatic carbocycles. The summed E-state index contributed by atoms with van der Waals surface area (Å²) in [6.45, 7) is 7.05. The summed E-state index contributed by atoms with van der Waals surface area (Å²) in [5.74, 6) is 2.24. The average Bonchev–Trinajstić information content (AvgIpc) is 2.92. The quantitative estimate of drug-likeness (QED) is 0.818. The van der Waals surface area contributed by atoms with Crippen LogP contribution in [0, 0.1) is 5.92 Å². The third-order valence-electron chi connectivity index (χ3n) is 4.17. The Bertz CT molecular complexity index is 405. The molecule has 1 amide bonds. The van der Waals surface area contributed by atoms with Gasteiger partial charge in [0.1, 0.15) is 5.82 Å². The number of imidazole rings is 1. The normalized spacial score (nSPS) is 16.8. The zero-order valence-corrected chi connectivity index (χ0v) is 12.1. The molecule has 0 atom stereocenters. The van der Waals surface area contributed by atoms with Crippen molar-refractivity contribution < 1.29 is 4.79 Å². The summed E-state index contributed by atoms with van der Waals surface area (Å²) >= 11 is 0. The lowest BCUT2D eigenvalue weighted by atomic mass is 9.93. The van der Waals surface area contributed by atoms with E-state index in [1.165, 1.54) is 12.2 Å². The molecule has 0 bridgehead atoms. The van der Waals surface area contributed by atoms with Crippen molar-refractivity contribution in [2.75, 3.05) is 13.1 Å². The van der Waals surface area contributed by atoms with E-state index in [9.17, 15) is 4.79 Å². The summed E-state index contributed by atoms with van der Waals surface area (Å²) in [7, 11) is 0. The Labute approximate surface area is 115 Å². The number of nitrogens with zero attached hydrogens (tertiary/aromatic N) is 3. The van der Waals surface area contributed by atoms with Crippen LogP contribution in [0.2, 0.25) is 0 Å². The predicted molar refractivity (Wildman–Crippen MR) is 75.8 cm³/mol. The van der Waals surface area contributed by atoms with Crippen LogP contribution in [0.1, 0.15) is 45.4 Å². The first-order valence-corrected chi connectivity index (χ1v) is 7.52. The second-order valence-corrected chi connectivity index (χ2v) is 5.36. The van der Waals surface area contributed by atoms with Crippen molar-refractivity contribution in [2.45, 2.75) is 52.5 Å². The predicted octanol–water partition coefficient (Wildman–Crippen LogP) is 2.48. The van der Waals surface area contributed by atoms with Crippen molar-refractivity contribution in [3.63, 3.8) is 0 Å². The van der Waals surface area contributed by atoms with Crippen LogP contribution in [-0.2, 0) is 17.8 Å². The SMILES string of the molecule is CCC(=O)N1CCC(CCn2ccnc2CC)CC1. The molecule has 1 fully saturated rings. The summed E-state index contributed by atoms with van der Waals surface area (Å²) in [6, 6.07) is 0. The molecule has 1 aromatic rings. The van der Waals surface area contributed by atoms with Crippen LogP contribution < -0.4 is 0 Å². The molecule has 4 heteroatoms. The zero-order chi connectivity index (χ0) is 13.7. The van der Waals surface area contributed by atoms with E-state index in [0.717, 1.165) is 44.8 Å². The molecule has 106 valence electrons. The standard InChI is InChI=1S/C15H25N3O/c1-3-14-16-8-12-17(14)9-5-13-6-10-18(11-7-13)15(19)4-2/h8,12-13H,3-7,9-11H2,1-2H3. The van der Waals surface area contributed by atoms with E-state index in [4.69, 9.17) is 0 Å². The molecule has 2 heterocycles. The molecule has 0 spiro atoms. The zero-order valence-electron chi connectivity index (χ0n) is 12.1. The third-order valence-corrected chi connectivity index (χ3v) is 4.17. The number of piperidine rings is 1. The summed E-state index contributed by atoms with van der Waals surface area (Å²) in [6.07, 6.45) is 9.12. The molecule has 2 rings (SSSR count). The Balaban J connectivity index is 1.75. The molecule has 0 radical (unpaired) electrons. The summed E-state index contributed by atoms with van der Waals surface area (Å²) in [5.41, 5.74) is 0. The molecule has 1 aliphatic rings. The number of likely N-dealkylation sites (tertiary alicyclic amines) is 1. The number of hydrogen-bond acceptors (Lipinski definition) is 2.